The number of benzene rings is 3. The summed E-state index contributed by atoms with van der Waals surface area (Å²) in [6.07, 6.45) is -1.02. The van der Waals surface area contributed by atoms with Crippen LogP contribution in [-0.2, 0) is 20.2 Å². The molecule has 8 nitrogen and oxygen atoms in total. The number of nitrogens with zero attached hydrogens (tertiary/aromatic N) is 1. The fourth-order valence-electron chi connectivity index (χ4n) is 3.95. The first-order chi connectivity index (χ1) is 17.6. The van der Waals surface area contributed by atoms with Crippen LogP contribution in [0.2, 0.25) is 0 Å². The van der Waals surface area contributed by atoms with Gasteiger partial charge in [0.05, 0.1) is 30.8 Å². The molecular weight excluding hydrogens is 492 g/mol. The van der Waals surface area contributed by atoms with Crippen molar-refractivity contribution in [2.75, 3.05) is 31.1 Å². The number of ether oxygens (including phenoxy) is 3. The van der Waals surface area contributed by atoms with Gasteiger partial charge in [0, 0.05) is 6.07 Å². The number of amides is 1. The molecule has 0 aliphatic carbocycles. The Morgan fingerprint density at radius 2 is 1.76 bits per heavy atom. The van der Waals surface area contributed by atoms with E-state index in [2.05, 4.69) is 26.1 Å². The van der Waals surface area contributed by atoms with Gasteiger partial charge in [-0.1, -0.05) is 51.1 Å². The molecule has 0 bridgehead atoms. The molecule has 0 fully saturated rings. The van der Waals surface area contributed by atoms with Crippen LogP contribution in [0.4, 0.5) is 5.69 Å². The van der Waals surface area contributed by atoms with E-state index in [4.69, 9.17) is 14.2 Å². The predicted molar refractivity (Wildman–Crippen MR) is 142 cm³/mol. The number of hydrogen-bond acceptors (Lipinski definition) is 6. The Bertz CT molecular complexity index is 1350. The first kappa shape index (κ1) is 26.3. The minimum absolute atomic E-state index is 0.148. The normalized spacial score (nSPS) is 15.4. The molecule has 1 aliphatic rings. The highest BCUT2D eigenvalue weighted by molar-refractivity contribution is 7.92. The third kappa shape index (κ3) is 5.99. The number of fused-ring (bicyclic) bond motifs is 1. The molecule has 1 N–H and O–H groups in total. The van der Waals surface area contributed by atoms with Crippen LogP contribution in [0.1, 0.15) is 26.3 Å². The third-order valence-corrected chi connectivity index (χ3v) is 7.82. The highest BCUT2D eigenvalue weighted by Crippen LogP contribution is 2.40. The predicted octanol–water partition coefficient (Wildman–Crippen LogP) is 4.14. The summed E-state index contributed by atoms with van der Waals surface area (Å²) in [6, 6.07) is 20.8. The summed E-state index contributed by atoms with van der Waals surface area (Å²) in [5, 5.41) is 2.79. The average molecular weight is 525 g/mol. The number of sulfonamides is 1. The molecule has 9 heteroatoms. The summed E-state index contributed by atoms with van der Waals surface area (Å²) in [5.74, 6) is 1.20. The lowest BCUT2D eigenvalue weighted by Crippen LogP contribution is -2.51. The van der Waals surface area contributed by atoms with Gasteiger partial charge in [0.25, 0.3) is 15.9 Å². The maximum atomic E-state index is 13.7. The van der Waals surface area contributed by atoms with Gasteiger partial charge in [-0.3, -0.25) is 9.10 Å². The van der Waals surface area contributed by atoms with E-state index in [1.54, 1.807) is 55.6 Å². The molecule has 3 aromatic rings. The first-order valence-corrected chi connectivity index (χ1v) is 13.5. The minimum atomic E-state index is -3.94. The molecule has 37 heavy (non-hydrogen) atoms. The maximum absolute atomic E-state index is 13.7. The molecule has 0 radical (unpaired) electrons. The summed E-state index contributed by atoms with van der Waals surface area (Å²) < 4.78 is 45.4. The first-order valence-electron chi connectivity index (χ1n) is 12.0. The van der Waals surface area contributed by atoms with Crippen molar-refractivity contribution in [3.8, 4) is 17.2 Å². The van der Waals surface area contributed by atoms with Gasteiger partial charge in [-0.2, -0.15) is 0 Å². The third-order valence-electron chi connectivity index (χ3n) is 6.03. The summed E-state index contributed by atoms with van der Waals surface area (Å²) >= 11 is 0. The van der Waals surface area contributed by atoms with Gasteiger partial charge >= 0.3 is 0 Å². The highest BCUT2D eigenvalue weighted by atomic mass is 32.2. The van der Waals surface area contributed by atoms with Crippen LogP contribution in [-0.4, -0.2) is 47.2 Å². The van der Waals surface area contributed by atoms with Gasteiger partial charge in [-0.15, -0.1) is 0 Å². The minimum Gasteiger partial charge on any atom is -0.497 e. The zero-order valence-electron chi connectivity index (χ0n) is 21.4. The molecule has 1 heterocycles. The molecule has 1 aliphatic heterocycles. The Hall–Kier alpha value is -3.72. The second-order valence-corrected chi connectivity index (χ2v) is 11.6. The largest absolute Gasteiger partial charge is 0.497 e. The second kappa shape index (κ2) is 10.7. The Balaban J connectivity index is 1.52. The molecule has 0 spiro atoms. The molecule has 196 valence electrons. The van der Waals surface area contributed by atoms with Gasteiger partial charge in [-0.25, -0.2) is 8.42 Å². The van der Waals surface area contributed by atoms with Crippen LogP contribution in [0, 0.1) is 0 Å². The molecule has 1 unspecified atom stereocenters. The molecule has 0 saturated carbocycles. The standard InChI is InChI=1S/C28H32N2O6S/c1-28(2,3)20-13-14-25-24(17-20)30(37(32,33)23-11-6-5-7-12-23)19-26(36-25)27(31)29-15-16-35-22-10-8-9-21(18-22)34-4/h5-14,17-18,26H,15-16,19H2,1-4H3,(H,29,31). The zero-order valence-corrected chi connectivity index (χ0v) is 22.2. The van der Waals surface area contributed by atoms with Crippen molar-refractivity contribution in [1.82, 2.24) is 5.32 Å². The van der Waals surface area contributed by atoms with Crippen LogP contribution in [0.15, 0.2) is 77.7 Å². The lowest BCUT2D eigenvalue weighted by Gasteiger charge is -2.36. The van der Waals surface area contributed by atoms with Crippen molar-refractivity contribution in [3.05, 3.63) is 78.4 Å². The Labute approximate surface area is 218 Å². The number of methoxy groups -OCH3 is 1. The van der Waals surface area contributed by atoms with Crippen LogP contribution < -0.4 is 23.8 Å². The van der Waals surface area contributed by atoms with E-state index in [-0.39, 0.29) is 30.0 Å². The van der Waals surface area contributed by atoms with Gasteiger partial charge < -0.3 is 19.5 Å². The Kier molecular flexibility index (Phi) is 7.63. The van der Waals surface area contributed by atoms with Gasteiger partial charge in [-0.05, 0) is 47.4 Å². The average Bonchev–Trinajstić information content (AvgIpc) is 2.90. The molecule has 0 saturated heterocycles. The van der Waals surface area contributed by atoms with Crippen molar-refractivity contribution < 1.29 is 27.4 Å². The number of carbonyl (C=O) groups is 1. The molecular formula is C28H32N2O6S. The number of carbonyl (C=O) groups excluding carboxylic acids is 1. The monoisotopic (exact) mass is 524 g/mol. The zero-order chi connectivity index (χ0) is 26.6. The molecule has 4 rings (SSSR count). The van der Waals surface area contributed by atoms with E-state index in [0.717, 1.165) is 5.56 Å². The number of hydrogen-bond donors (Lipinski definition) is 1. The van der Waals surface area contributed by atoms with Crippen molar-refractivity contribution in [2.45, 2.75) is 37.2 Å². The summed E-state index contributed by atoms with van der Waals surface area (Å²) in [5.41, 5.74) is 1.18. The summed E-state index contributed by atoms with van der Waals surface area (Å²) in [4.78, 5) is 13.2. The van der Waals surface area contributed by atoms with E-state index in [1.165, 1.54) is 4.31 Å². The number of anilines is 1. The fraction of sp³-hybridized carbons (Fsp3) is 0.321. The number of nitrogens with one attached hydrogen (secondary N) is 1. The Morgan fingerprint density at radius 3 is 2.46 bits per heavy atom. The van der Waals surface area contributed by atoms with Crippen molar-refractivity contribution in [1.29, 1.82) is 0 Å². The van der Waals surface area contributed by atoms with Gasteiger partial charge in [0.2, 0.25) is 0 Å². The highest BCUT2D eigenvalue weighted by Gasteiger charge is 2.38. The van der Waals surface area contributed by atoms with E-state index >= 15 is 0 Å². The van der Waals surface area contributed by atoms with Crippen LogP contribution >= 0.6 is 0 Å². The van der Waals surface area contributed by atoms with Crippen molar-refractivity contribution in [3.63, 3.8) is 0 Å². The van der Waals surface area contributed by atoms with Crippen LogP contribution in [0.5, 0.6) is 17.2 Å². The van der Waals surface area contributed by atoms with E-state index in [1.807, 2.05) is 24.3 Å². The number of rotatable bonds is 8. The molecule has 1 amide bonds. The second-order valence-electron chi connectivity index (χ2n) is 9.71. The van der Waals surface area contributed by atoms with Gasteiger partial charge in [0.15, 0.2) is 6.10 Å². The van der Waals surface area contributed by atoms with Crippen molar-refractivity contribution >= 4 is 21.6 Å². The topological polar surface area (TPSA) is 94.2 Å². The fourth-order valence-corrected chi connectivity index (χ4v) is 5.44. The van der Waals surface area contributed by atoms with E-state index < -0.39 is 22.0 Å². The van der Waals surface area contributed by atoms with Crippen LogP contribution in [0.25, 0.3) is 0 Å². The van der Waals surface area contributed by atoms with Gasteiger partial charge in [0.1, 0.15) is 23.9 Å². The lowest BCUT2D eigenvalue weighted by molar-refractivity contribution is -0.127. The molecule has 3 aromatic carbocycles. The summed E-state index contributed by atoms with van der Waals surface area (Å²) in [7, 11) is -2.36. The SMILES string of the molecule is COc1cccc(OCCNC(=O)C2CN(S(=O)(=O)c3ccccc3)c3cc(C(C)(C)C)ccc3O2)c1. The molecule has 1 atom stereocenters. The van der Waals surface area contributed by atoms with Crippen LogP contribution in [0.3, 0.4) is 0 Å². The quantitative estimate of drug-likeness (QED) is 0.445. The Morgan fingerprint density at radius 1 is 1.03 bits per heavy atom. The maximum Gasteiger partial charge on any atom is 0.264 e. The smallest absolute Gasteiger partial charge is 0.264 e. The lowest BCUT2D eigenvalue weighted by atomic mass is 9.86. The summed E-state index contributed by atoms with van der Waals surface area (Å²) in [6.45, 7) is 6.45. The van der Waals surface area contributed by atoms with E-state index in [9.17, 15) is 13.2 Å². The van der Waals surface area contributed by atoms with Crippen molar-refractivity contribution in [2.24, 2.45) is 0 Å². The van der Waals surface area contributed by atoms with E-state index in [0.29, 0.717) is 22.9 Å². The molecule has 0 aromatic heterocycles.